The summed E-state index contributed by atoms with van der Waals surface area (Å²) >= 11 is 0. The summed E-state index contributed by atoms with van der Waals surface area (Å²) in [5, 5.41) is 13.7. The van der Waals surface area contributed by atoms with Crippen molar-refractivity contribution in [2.75, 3.05) is 12.4 Å². The largest absolute Gasteiger partial charge is 0.494 e. The van der Waals surface area contributed by atoms with Crippen molar-refractivity contribution in [3.8, 4) is 5.75 Å². The van der Waals surface area contributed by atoms with Gasteiger partial charge < -0.3 is 26.5 Å². The highest BCUT2D eigenvalue weighted by atomic mass is 19.2. The average Bonchev–Trinajstić information content (AvgIpc) is 2.73. The molecule has 0 aromatic heterocycles. The van der Waals surface area contributed by atoms with Crippen molar-refractivity contribution in [2.24, 2.45) is 10.7 Å². The predicted octanol–water partition coefficient (Wildman–Crippen LogP) is 4.12. The maximum atomic E-state index is 14.3. The van der Waals surface area contributed by atoms with E-state index in [9.17, 15) is 17.6 Å². The summed E-state index contributed by atoms with van der Waals surface area (Å²) in [7, 11) is 1.35. The van der Waals surface area contributed by atoms with E-state index in [0.29, 0.717) is 5.69 Å². The molecular weight excluding hydrogens is 414 g/mol. The van der Waals surface area contributed by atoms with Crippen LogP contribution in [0.4, 0.5) is 23.2 Å². The number of nitrogens with one attached hydrogen (secondary N) is 3. The Morgan fingerprint density at radius 2 is 1.84 bits per heavy atom. The van der Waals surface area contributed by atoms with E-state index in [0.717, 1.165) is 18.3 Å². The molecule has 0 aliphatic rings. The third kappa shape index (κ3) is 5.84. The zero-order chi connectivity index (χ0) is 23.1. The molecule has 0 heterocycles. The van der Waals surface area contributed by atoms with E-state index in [1.807, 2.05) is 0 Å². The first kappa shape index (κ1) is 23.5. The molecule has 2 aromatic carbocycles. The Kier molecular flexibility index (Phi) is 7.78. The highest BCUT2D eigenvalue weighted by Gasteiger charge is 2.15. The Morgan fingerprint density at radius 3 is 2.42 bits per heavy atom. The van der Waals surface area contributed by atoms with Gasteiger partial charge in [0.05, 0.1) is 18.5 Å². The molecule has 2 rings (SSSR count). The SMILES string of the molecule is C=C(NC(=N/C=C/N)Nc1ccc(OC)c(F)c1C)C(=N)Cc1cc(F)c(F)c(F)c1. The molecule has 0 saturated carbocycles. The number of nitrogens with two attached hydrogens (primary N) is 1. The summed E-state index contributed by atoms with van der Waals surface area (Å²) in [6.07, 6.45) is 2.17. The molecule has 31 heavy (non-hydrogen) atoms. The van der Waals surface area contributed by atoms with Crippen LogP contribution in [0.15, 0.2) is 53.9 Å². The quantitative estimate of drug-likeness (QED) is 0.228. The Bertz CT molecular complexity index is 1040. The van der Waals surface area contributed by atoms with Gasteiger partial charge in [0.25, 0.3) is 0 Å². The summed E-state index contributed by atoms with van der Waals surface area (Å²) in [6, 6.07) is 4.59. The van der Waals surface area contributed by atoms with Gasteiger partial charge in [-0.1, -0.05) is 6.58 Å². The van der Waals surface area contributed by atoms with E-state index in [2.05, 4.69) is 22.2 Å². The maximum absolute atomic E-state index is 14.3. The lowest BCUT2D eigenvalue weighted by atomic mass is 10.1. The monoisotopic (exact) mass is 435 g/mol. The number of anilines is 1. The van der Waals surface area contributed by atoms with Crippen LogP contribution in [0.1, 0.15) is 11.1 Å². The maximum Gasteiger partial charge on any atom is 0.205 e. The lowest BCUT2D eigenvalue weighted by molar-refractivity contribution is 0.385. The van der Waals surface area contributed by atoms with Gasteiger partial charge in [0, 0.05) is 30.1 Å². The van der Waals surface area contributed by atoms with Gasteiger partial charge in [0.15, 0.2) is 29.0 Å². The second-order valence-corrected chi connectivity index (χ2v) is 6.33. The van der Waals surface area contributed by atoms with Crippen molar-refractivity contribution in [3.05, 3.63) is 83.3 Å². The average molecular weight is 435 g/mol. The van der Waals surface area contributed by atoms with E-state index >= 15 is 0 Å². The molecule has 0 bridgehead atoms. The highest BCUT2D eigenvalue weighted by Crippen LogP contribution is 2.26. The van der Waals surface area contributed by atoms with Gasteiger partial charge in [-0.2, -0.15) is 0 Å². The Balaban J connectivity index is 2.18. The number of rotatable bonds is 7. The number of ether oxygens (including phenoxy) is 1. The van der Waals surface area contributed by atoms with Crippen molar-refractivity contribution in [2.45, 2.75) is 13.3 Å². The Morgan fingerprint density at radius 1 is 1.19 bits per heavy atom. The van der Waals surface area contributed by atoms with Gasteiger partial charge >= 0.3 is 0 Å². The van der Waals surface area contributed by atoms with Gasteiger partial charge in [-0.25, -0.2) is 22.6 Å². The van der Waals surface area contributed by atoms with E-state index in [1.54, 1.807) is 6.07 Å². The molecular formula is C21H21F4N5O. The molecule has 0 spiro atoms. The van der Waals surface area contributed by atoms with Crippen molar-refractivity contribution in [1.29, 1.82) is 5.41 Å². The second kappa shape index (κ2) is 10.3. The fraction of sp³-hybridized carbons (Fsp3) is 0.143. The molecule has 0 aliphatic carbocycles. The normalized spacial score (nSPS) is 11.5. The molecule has 6 nitrogen and oxygen atoms in total. The zero-order valence-corrected chi connectivity index (χ0v) is 16.8. The summed E-state index contributed by atoms with van der Waals surface area (Å²) < 4.78 is 59.1. The van der Waals surface area contributed by atoms with Crippen LogP contribution in [0, 0.1) is 35.6 Å². The molecule has 0 saturated heterocycles. The fourth-order valence-corrected chi connectivity index (χ4v) is 2.53. The van der Waals surface area contributed by atoms with Crippen LogP contribution in [0.2, 0.25) is 0 Å². The van der Waals surface area contributed by atoms with Crippen LogP contribution < -0.4 is 21.1 Å². The number of hydrogen-bond donors (Lipinski definition) is 4. The first-order chi connectivity index (χ1) is 14.7. The lowest BCUT2D eigenvalue weighted by Gasteiger charge is -2.17. The van der Waals surface area contributed by atoms with E-state index in [4.69, 9.17) is 15.9 Å². The third-order valence-electron chi connectivity index (χ3n) is 4.17. The first-order valence-corrected chi connectivity index (χ1v) is 8.89. The number of methoxy groups -OCH3 is 1. The summed E-state index contributed by atoms with van der Waals surface area (Å²) in [5.74, 6) is -4.72. The van der Waals surface area contributed by atoms with Crippen molar-refractivity contribution >= 4 is 17.4 Å². The van der Waals surface area contributed by atoms with Crippen molar-refractivity contribution in [3.63, 3.8) is 0 Å². The molecule has 0 radical (unpaired) electrons. The molecule has 0 atom stereocenters. The fourth-order valence-electron chi connectivity index (χ4n) is 2.53. The number of nitrogens with zero attached hydrogens (tertiary/aromatic N) is 1. The van der Waals surface area contributed by atoms with E-state index in [1.165, 1.54) is 26.3 Å². The third-order valence-corrected chi connectivity index (χ3v) is 4.17. The van der Waals surface area contributed by atoms with Gasteiger partial charge in [0.2, 0.25) is 5.96 Å². The molecule has 10 heteroatoms. The topological polar surface area (TPSA) is 95.5 Å². The summed E-state index contributed by atoms with van der Waals surface area (Å²) in [6.45, 7) is 5.24. The minimum atomic E-state index is -1.58. The van der Waals surface area contributed by atoms with Crippen LogP contribution in [0.25, 0.3) is 0 Å². The molecule has 0 amide bonds. The number of allylic oxidation sites excluding steroid dienone is 1. The van der Waals surface area contributed by atoms with Gasteiger partial charge in [-0.3, -0.25) is 0 Å². The molecule has 0 fully saturated rings. The summed E-state index contributed by atoms with van der Waals surface area (Å²) in [4.78, 5) is 4.03. The van der Waals surface area contributed by atoms with Crippen LogP contribution in [-0.2, 0) is 6.42 Å². The minimum Gasteiger partial charge on any atom is -0.494 e. The van der Waals surface area contributed by atoms with E-state index < -0.39 is 23.3 Å². The number of halogens is 4. The van der Waals surface area contributed by atoms with Crippen molar-refractivity contribution in [1.82, 2.24) is 5.32 Å². The molecule has 0 unspecified atom stereocenters. The minimum absolute atomic E-state index is 0.0356. The highest BCUT2D eigenvalue weighted by molar-refractivity contribution is 6.05. The second-order valence-electron chi connectivity index (χ2n) is 6.33. The molecule has 164 valence electrons. The standard InChI is InChI=1S/C21H21F4N5O/c1-11-17(4-5-18(31-3)19(11)24)30-21(28-7-6-26)29-12(2)16(27)10-13-8-14(22)20(25)15(23)9-13/h4-9,27H,2,10,26H2,1,3H3,(H2,28,29,30)/b7-6+,27-16?. The predicted molar refractivity (Wildman–Crippen MR) is 112 cm³/mol. The Hall–Kier alpha value is -3.82. The van der Waals surface area contributed by atoms with E-state index in [-0.39, 0.29) is 40.7 Å². The smallest absolute Gasteiger partial charge is 0.205 e. The van der Waals surface area contributed by atoms with Crippen LogP contribution >= 0.6 is 0 Å². The first-order valence-electron chi connectivity index (χ1n) is 8.89. The molecule has 2 aromatic rings. The number of guanidine groups is 1. The van der Waals surface area contributed by atoms with Crippen LogP contribution in [0.3, 0.4) is 0 Å². The van der Waals surface area contributed by atoms with Crippen LogP contribution in [0.5, 0.6) is 5.75 Å². The molecule has 5 N–H and O–H groups in total. The zero-order valence-electron chi connectivity index (χ0n) is 16.8. The lowest BCUT2D eigenvalue weighted by Crippen LogP contribution is -2.33. The van der Waals surface area contributed by atoms with Crippen LogP contribution in [-0.4, -0.2) is 18.8 Å². The Labute approximate surface area is 176 Å². The molecule has 0 aliphatic heterocycles. The van der Waals surface area contributed by atoms with Crippen molar-refractivity contribution < 1.29 is 22.3 Å². The van der Waals surface area contributed by atoms with Gasteiger partial charge in [-0.05, 0) is 36.8 Å². The van der Waals surface area contributed by atoms with Gasteiger partial charge in [0.1, 0.15) is 0 Å². The number of hydrogen-bond acceptors (Lipinski definition) is 4. The number of aliphatic imine (C=N–C) groups is 1. The number of benzene rings is 2. The summed E-state index contributed by atoms with van der Waals surface area (Å²) in [5.41, 5.74) is 5.86. The van der Waals surface area contributed by atoms with Gasteiger partial charge in [-0.15, -0.1) is 0 Å².